The van der Waals surface area contributed by atoms with Crippen LogP contribution in [0.15, 0.2) is 39.7 Å². The van der Waals surface area contributed by atoms with Crippen LogP contribution < -0.4 is 5.32 Å². The van der Waals surface area contributed by atoms with Crippen molar-refractivity contribution in [1.29, 1.82) is 0 Å². The third kappa shape index (κ3) is 6.22. The maximum Gasteiger partial charge on any atom is 0.243 e. The Morgan fingerprint density at radius 1 is 1.24 bits per heavy atom. The van der Waals surface area contributed by atoms with Gasteiger partial charge in [-0.2, -0.15) is 0 Å². The molecule has 0 aliphatic rings. The van der Waals surface area contributed by atoms with Gasteiger partial charge in [-0.15, -0.1) is 24.0 Å². The molecule has 0 fully saturated rings. The standard InChI is InChI=1S/C18H26N4O2.HI/c1-5-10-19-18(20-12-17(23)21(2)3)22(4)13-15-11-14-8-6-7-9-16(14)24-15;/h6-9,11H,5,10,12-13H2,1-4H3,(H,19,20);1H. The highest BCUT2D eigenvalue weighted by molar-refractivity contribution is 14.0. The number of hydrogen-bond acceptors (Lipinski definition) is 3. The van der Waals surface area contributed by atoms with Crippen LogP contribution in [0.2, 0.25) is 0 Å². The van der Waals surface area contributed by atoms with Crippen LogP contribution in [0.3, 0.4) is 0 Å². The largest absolute Gasteiger partial charge is 0.459 e. The van der Waals surface area contributed by atoms with Gasteiger partial charge in [-0.25, -0.2) is 4.99 Å². The first-order valence-electron chi connectivity index (χ1n) is 8.18. The number of likely N-dealkylation sites (N-methyl/N-ethyl adjacent to an activating group) is 1. The van der Waals surface area contributed by atoms with E-state index in [9.17, 15) is 4.79 Å². The fourth-order valence-electron chi connectivity index (χ4n) is 2.26. The van der Waals surface area contributed by atoms with Gasteiger partial charge in [0.15, 0.2) is 5.96 Å². The normalized spacial score (nSPS) is 11.1. The Morgan fingerprint density at radius 3 is 2.60 bits per heavy atom. The molecule has 138 valence electrons. The number of amides is 1. The van der Waals surface area contributed by atoms with Gasteiger partial charge in [0.05, 0.1) is 6.54 Å². The van der Waals surface area contributed by atoms with Crippen LogP contribution in [-0.2, 0) is 11.3 Å². The van der Waals surface area contributed by atoms with Gasteiger partial charge in [-0.1, -0.05) is 25.1 Å². The molecule has 2 rings (SSSR count). The molecule has 0 unspecified atom stereocenters. The maximum atomic E-state index is 11.8. The van der Waals surface area contributed by atoms with Gasteiger partial charge >= 0.3 is 0 Å². The van der Waals surface area contributed by atoms with Crippen LogP contribution in [0, 0.1) is 0 Å². The molecule has 0 aliphatic carbocycles. The zero-order valence-corrected chi connectivity index (χ0v) is 17.6. The molecule has 0 spiro atoms. The number of carbonyl (C=O) groups excluding carboxylic acids is 1. The van der Waals surface area contributed by atoms with Gasteiger partial charge in [0.25, 0.3) is 0 Å². The van der Waals surface area contributed by atoms with Gasteiger partial charge in [0.2, 0.25) is 5.91 Å². The van der Waals surface area contributed by atoms with Crippen molar-refractivity contribution in [2.24, 2.45) is 4.99 Å². The van der Waals surface area contributed by atoms with Gasteiger partial charge < -0.3 is 19.5 Å². The van der Waals surface area contributed by atoms with Crippen molar-refractivity contribution in [3.8, 4) is 0 Å². The Hall–Kier alpha value is -1.77. The Bertz CT molecular complexity index is 679. The number of guanidine groups is 1. The molecule has 1 heterocycles. The molecule has 1 aromatic heterocycles. The summed E-state index contributed by atoms with van der Waals surface area (Å²) in [6.45, 7) is 3.61. The molecule has 1 aromatic carbocycles. The summed E-state index contributed by atoms with van der Waals surface area (Å²) < 4.78 is 5.86. The number of halogens is 1. The topological polar surface area (TPSA) is 61.1 Å². The third-order valence-corrected chi connectivity index (χ3v) is 3.63. The van der Waals surface area contributed by atoms with Crippen molar-refractivity contribution in [3.63, 3.8) is 0 Å². The number of carbonyl (C=O) groups is 1. The fraction of sp³-hybridized carbons (Fsp3) is 0.444. The van der Waals surface area contributed by atoms with E-state index in [2.05, 4.69) is 17.2 Å². The second-order valence-electron chi connectivity index (χ2n) is 5.96. The number of benzene rings is 1. The van der Waals surface area contributed by atoms with E-state index in [0.717, 1.165) is 29.7 Å². The number of aliphatic imine (C=N–C) groups is 1. The average molecular weight is 458 g/mol. The van der Waals surface area contributed by atoms with E-state index in [1.54, 1.807) is 19.0 Å². The Kier molecular flexibility index (Phi) is 8.74. The average Bonchev–Trinajstić information content (AvgIpc) is 2.96. The first kappa shape index (κ1) is 21.3. The molecular formula is C18H27IN4O2. The van der Waals surface area contributed by atoms with Gasteiger partial charge in [0, 0.05) is 33.1 Å². The summed E-state index contributed by atoms with van der Waals surface area (Å²) >= 11 is 0. The highest BCUT2D eigenvalue weighted by atomic mass is 127. The van der Waals surface area contributed by atoms with Gasteiger partial charge in [-0.3, -0.25) is 4.79 Å². The summed E-state index contributed by atoms with van der Waals surface area (Å²) in [4.78, 5) is 19.7. The Balaban J connectivity index is 0.00000312. The van der Waals surface area contributed by atoms with Crippen molar-refractivity contribution in [2.45, 2.75) is 19.9 Å². The maximum absolute atomic E-state index is 11.8. The van der Waals surface area contributed by atoms with Crippen molar-refractivity contribution >= 4 is 46.8 Å². The van der Waals surface area contributed by atoms with Crippen molar-refractivity contribution in [2.75, 3.05) is 34.2 Å². The van der Waals surface area contributed by atoms with E-state index in [0.29, 0.717) is 12.5 Å². The van der Waals surface area contributed by atoms with Gasteiger partial charge in [-0.05, 0) is 18.6 Å². The van der Waals surface area contributed by atoms with Crippen LogP contribution in [0.1, 0.15) is 19.1 Å². The minimum atomic E-state index is -0.0251. The van der Waals surface area contributed by atoms with E-state index >= 15 is 0 Å². The molecule has 25 heavy (non-hydrogen) atoms. The molecule has 1 N–H and O–H groups in total. The highest BCUT2D eigenvalue weighted by Crippen LogP contribution is 2.19. The summed E-state index contributed by atoms with van der Waals surface area (Å²) in [5, 5.41) is 4.37. The van der Waals surface area contributed by atoms with E-state index in [4.69, 9.17) is 4.42 Å². The van der Waals surface area contributed by atoms with E-state index < -0.39 is 0 Å². The van der Waals surface area contributed by atoms with Crippen LogP contribution in [0.25, 0.3) is 11.0 Å². The summed E-state index contributed by atoms with van der Waals surface area (Å²) in [7, 11) is 5.40. The quantitative estimate of drug-likeness (QED) is 0.411. The Morgan fingerprint density at radius 2 is 1.96 bits per heavy atom. The lowest BCUT2D eigenvalue weighted by molar-refractivity contribution is -0.127. The van der Waals surface area contributed by atoms with Crippen LogP contribution in [0.4, 0.5) is 0 Å². The van der Waals surface area contributed by atoms with E-state index in [1.807, 2.05) is 42.3 Å². The highest BCUT2D eigenvalue weighted by Gasteiger charge is 2.11. The molecule has 6 nitrogen and oxygen atoms in total. The molecule has 0 radical (unpaired) electrons. The molecular weight excluding hydrogens is 431 g/mol. The Labute approximate surface area is 166 Å². The summed E-state index contributed by atoms with van der Waals surface area (Å²) in [6, 6.07) is 9.98. The predicted octanol–water partition coefficient (Wildman–Crippen LogP) is 2.93. The zero-order chi connectivity index (χ0) is 17.5. The number of nitrogens with zero attached hydrogens (tertiary/aromatic N) is 3. The predicted molar refractivity (Wildman–Crippen MR) is 112 cm³/mol. The monoisotopic (exact) mass is 458 g/mol. The van der Waals surface area contributed by atoms with Crippen molar-refractivity contribution < 1.29 is 9.21 Å². The number of furan rings is 1. The lowest BCUT2D eigenvalue weighted by Crippen LogP contribution is -2.39. The minimum Gasteiger partial charge on any atom is -0.459 e. The van der Waals surface area contributed by atoms with E-state index in [-0.39, 0.29) is 36.4 Å². The second-order valence-corrected chi connectivity index (χ2v) is 5.96. The first-order valence-corrected chi connectivity index (χ1v) is 8.18. The van der Waals surface area contributed by atoms with Crippen LogP contribution >= 0.6 is 24.0 Å². The van der Waals surface area contributed by atoms with Crippen LogP contribution in [-0.4, -0.2) is 55.9 Å². The molecule has 0 aliphatic heterocycles. The first-order chi connectivity index (χ1) is 11.5. The molecule has 1 amide bonds. The number of nitrogens with one attached hydrogen (secondary N) is 1. The number of hydrogen-bond donors (Lipinski definition) is 1. The summed E-state index contributed by atoms with van der Waals surface area (Å²) in [6.07, 6.45) is 0.985. The molecule has 0 bridgehead atoms. The van der Waals surface area contributed by atoms with Gasteiger partial charge in [0.1, 0.15) is 17.9 Å². The zero-order valence-electron chi connectivity index (χ0n) is 15.3. The molecule has 0 atom stereocenters. The minimum absolute atomic E-state index is 0. The SMILES string of the molecule is CCCNC(=NCC(=O)N(C)C)N(C)Cc1cc2ccccc2o1.I. The van der Waals surface area contributed by atoms with Crippen LogP contribution in [0.5, 0.6) is 0 Å². The molecule has 7 heteroatoms. The summed E-state index contributed by atoms with van der Waals surface area (Å²) in [5.41, 5.74) is 0.878. The number of fused-ring (bicyclic) bond motifs is 1. The smallest absolute Gasteiger partial charge is 0.243 e. The third-order valence-electron chi connectivity index (χ3n) is 3.63. The molecule has 0 saturated heterocycles. The lowest BCUT2D eigenvalue weighted by atomic mass is 10.2. The second kappa shape index (κ2) is 10.3. The molecule has 2 aromatic rings. The van der Waals surface area contributed by atoms with Crippen molar-refractivity contribution in [3.05, 3.63) is 36.1 Å². The fourth-order valence-corrected chi connectivity index (χ4v) is 2.26. The number of para-hydroxylation sites is 1. The summed E-state index contributed by atoms with van der Waals surface area (Å²) in [5.74, 6) is 1.54. The number of rotatable bonds is 6. The molecule has 0 saturated carbocycles. The van der Waals surface area contributed by atoms with E-state index in [1.165, 1.54) is 0 Å². The van der Waals surface area contributed by atoms with Crippen molar-refractivity contribution in [1.82, 2.24) is 15.1 Å². The lowest BCUT2D eigenvalue weighted by Gasteiger charge is -2.21.